The second-order valence-electron chi connectivity index (χ2n) is 4.53. The van der Waals surface area contributed by atoms with Gasteiger partial charge in [0.2, 0.25) is 0 Å². The maximum absolute atomic E-state index is 13.0. The first-order chi connectivity index (χ1) is 8.25. The smallest absolute Gasteiger partial charge is 0.125 e. The van der Waals surface area contributed by atoms with Crippen LogP contribution in [0.2, 0.25) is 0 Å². The van der Waals surface area contributed by atoms with E-state index in [2.05, 4.69) is 22.5 Å². The van der Waals surface area contributed by atoms with Gasteiger partial charge in [0, 0.05) is 44.5 Å². The van der Waals surface area contributed by atoms with Crippen molar-refractivity contribution in [3.05, 3.63) is 30.1 Å². The second kappa shape index (κ2) is 5.98. The zero-order chi connectivity index (χ0) is 12.1. The first-order valence-corrected chi connectivity index (χ1v) is 6.20. The zero-order valence-corrected chi connectivity index (χ0v) is 10.2. The Morgan fingerprint density at radius 2 is 2.18 bits per heavy atom. The summed E-state index contributed by atoms with van der Waals surface area (Å²) in [7, 11) is 0. The zero-order valence-electron chi connectivity index (χ0n) is 10.2. The highest BCUT2D eigenvalue weighted by molar-refractivity contribution is 5.43. The number of piperazine rings is 1. The topological polar surface area (TPSA) is 27.3 Å². The lowest BCUT2D eigenvalue weighted by Gasteiger charge is -2.33. The van der Waals surface area contributed by atoms with Crippen LogP contribution in [0.15, 0.2) is 24.3 Å². The van der Waals surface area contributed by atoms with Gasteiger partial charge in [0.05, 0.1) is 0 Å². The number of halogens is 1. The average molecular weight is 237 g/mol. The predicted molar refractivity (Wildman–Crippen MR) is 68.8 cm³/mol. The van der Waals surface area contributed by atoms with Crippen LogP contribution in [-0.2, 0) is 0 Å². The van der Waals surface area contributed by atoms with Crippen LogP contribution in [0.25, 0.3) is 0 Å². The highest BCUT2D eigenvalue weighted by Gasteiger charge is 2.15. The van der Waals surface area contributed by atoms with E-state index >= 15 is 0 Å². The summed E-state index contributed by atoms with van der Waals surface area (Å²) in [4.78, 5) is 2.45. The third-order valence-electron chi connectivity index (χ3n) is 3.20. The number of anilines is 1. The Kier molecular flexibility index (Phi) is 4.34. The summed E-state index contributed by atoms with van der Waals surface area (Å²) in [6.45, 7) is 7.35. The maximum atomic E-state index is 13.0. The molecule has 94 valence electrons. The quantitative estimate of drug-likeness (QED) is 0.831. The minimum Gasteiger partial charge on any atom is -0.383 e. The SMILES string of the molecule is CC(CNc1cccc(F)c1)N1CCNCC1. The van der Waals surface area contributed by atoms with Crippen LogP contribution in [0.4, 0.5) is 10.1 Å². The Bertz CT molecular complexity index is 350. The second-order valence-corrected chi connectivity index (χ2v) is 4.53. The van der Waals surface area contributed by atoms with Gasteiger partial charge in [-0.05, 0) is 25.1 Å². The molecule has 1 atom stereocenters. The van der Waals surface area contributed by atoms with Gasteiger partial charge in [-0.15, -0.1) is 0 Å². The molecule has 3 nitrogen and oxygen atoms in total. The molecule has 17 heavy (non-hydrogen) atoms. The Morgan fingerprint density at radius 1 is 1.41 bits per heavy atom. The standard InChI is InChI=1S/C13H20FN3/c1-11(17-7-5-15-6-8-17)10-16-13-4-2-3-12(14)9-13/h2-4,9,11,15-16H,5-8,10H2,1H3. The largest absolute Gasteiger partial charge is 0.383 e. The number of hydrogen-bond donors (Lipinski definition) is 2. The van der Waals surface area contributed by atoms with Crippen molar-refractivity contribution < 1.29 is 4.39 Å². The molecule has 1 aliphatic rings. The Labute approximate surface area is 102 Å². The molecule has 1 aromatic carbocycles. The Hall–Kier alpha value is -1.13. The Morgan fingerprint density at radius 3 is 2.88 bits per heavy atom. The summed E-state index contributed by atoms with van der Waals surface area (Å²) in [6, 6.07) is 7.09. The van der Waals surface area contributed by atoms with Gasteiger partial charge in [-0.3, -0.25) is 4.90 Å². The summed E-state index contributed by atoms with van der Waals surface area (Å²) in [5, 5.41) is 6.62. The van der Waals surface area contributed by atoms with Gasteiger partial charge in [-0.1, -0.05) is 6.07 Å². The number of rotatable bonds is 4. The van der Waals surface area contributed by atoms with Crippen LogP contribution in [0.1, 0.15) is 6.92 Å². The average Bonchev–Trinajstić information content (AvgIpc) is 2.37. The summed E-state index contributed by atoms with van der Waals surface area (Å²) >= 11 is 0. The fourth-order valence-corrected chi connectivity index (χ4v) is 2.12. The van der Waals surface area contributed by atoms with E-state index in [1.54, 1.807) is 6.07 Å². The molecule has 4 heteroatoms. The molecule has 0 spiro atoms. The van der Waals surface area contributed by atoms with E-state index in [0.717, 1.165) is 38.4 Å². The van der Waals surface area contributed by atoms with Crippen molar-refractivity contribution in [1.29, 1.82) is 0 Å². The van der Waals surface area contributed by atoms with E-state index in [1.165, 1.54) is 12.1 Å². The first-order valence-electron chi connectivity index (χ1n) is 6.20. The van der Waals surface area contributed by atoms with Gasteiger partial charge >= 0.3 is 0 Å². The van der Waals surface area contributed by atoms with Gasteiger partial charge in [0.15, 0.2) is 0 Å². The molecule has 0 saturated carbocycles. The number of benzene rings is 1. The number of nitrogens with zero attached hydrogens (tertiary/aromatic N) is 1. The maximum Gasteiger partial charge on any atom is 0.125 e. The highest BCUT2D eigenvalue weighted by Crippen LogP contribution is 2.10. The van der Waals surface area contributed by atoms with E-state index < -0.39 is 0 Å². The van der Waals surface area contributed by atoms with E-state index in [-0.39, 0.29) is 5.82 Å². The monoisotopic (exact) mass is 237 g/mol. The summed E-state index contributed by atoms with van der Waals surface area (Å²) in [6.07, 6.45) is 0. The van der Waals surface area contributed by atoms with Gasteiger partial charge < -0.3 is 10.6 Å². The molecular formula is C13H20FN3. The van der Waals surface area contributed by atoms with Crippen molar-refractivity contribution in [3.8, 4) is 0 Å². The first kappa shape index (κ1) is 12.3. The van der Waals surface area contributed by atoms with E-state index in [4.69, 9.17) is 0 Å². The molecule has 1 aromatic rings. The van der Waals surface area contributed by atoms with Crippen molar-refractivity contribution in [1.82, 2.24) is 10.2 Å². The van der Waals surface area contributed by atoms with Crippen molar-refractivity contribution in [2.75, 3.05) is 38.0 Å². The van der Waals surface area contributed by atoms with Gasteiger partial charge in [0.25, 0.3) is 0 Å². The molecule has 0 amide bonds. The van der Waals surface area contributed by atoms with Gasteiger partial charge in [0.1, 0.15) is 5.82 Å². The van der Waals surface area contributed by atoms with E-state index in [1.807, 2.05) is 6.07 Å². The lowest BCUT2D eigenvalue weighted by Crippen LogP contribution is -2.49. The molecule has 1 fully saturated rings. The molecule has 1 heterocycles. The third kappa shape index (κ3) is 3.68. The molecule has 2 rings (SSSR count). The molecule has 1 aliphatic heterocycles. The molecule has 2 N–H and O–H groups in total. The highest BCUT2D eigenvalue weighted by atomic mass is 19.1. The molecule has 0 radical (unpaired) electrons. The van der Waals surface area contributed by atoms with Crippen molar-refractivity contribution >= 4 is 5.69 Å². The Balaban J connectivity index is 1.80. The molecule has 1 unspecified atom stereocenters. The predicted octanol–water partition coefficient (Wildman–Crippen LogP) is 1.53. The lowest BCUT2D eigenvalue weighted by atomic mass is 10.2. The molecule has 0 aromatic heterocycles. The van der Waals surface area contributed by atoms with Gasteiger partial charge in [-0.2, -0.15) is 0 Å². The normalized spacial score (nSPS) is 18.9. The van der Waals surface area contributed by atoms with Crippen LogP contribution < -0.4 is 10.6 Å². The van der Waals surface area contributed by atoms with Crippen molar-refractivity contribution in [3.63, 3.8) is 0 Å². The van der Waals surface area contributed by atoms with Crippen LogP contribution in [0, 0.1) is 5.82 Å². The summed E-state index contributed by atoms with van der Waals surface area (Å²) < 4.78 is 13.0. The minimum absolute atomic E-state index is 0.190. The molecule has 0 aliphatic carbocycles. The third-order valence-corrected chi connectivity index (χ3v) is 3.20. The fraction of sp³-hybridized carbons (Fsp3) is 0.538. The van der Waals surface area contributed by atoms with Crippen LogP contribution in [0.3, 0.4) is 0 Å². The van der Waals surface area contributed by atoms with Gasteiger partial charge in [-0.25, -0.2) is 4.39 Å². The molecule has 0 bridgehead atoms. The minimum atomic E-state index is -0.190. The summed E-state index contributed by atoms with van der Waals surface area (Å²) in [5.41, 5.74) is 0.854. The molecular weight excluding hydrogens is 217 g/mol. The fourth-order valence-electron chi connectivity index (χ4n) is 2.12. The van der Waals surface area contributed by atoms with E-state index in [0.29, 0.717) is 6.04 Å². The lowest BCUT2D eigenvalue weighted by molar-refractivity contribution is 0.191. The molecule has 1 saturated heterocycles. The van der Waals surface area contributed by atoms with E-state index in [9.17, 15) is 4.39 Å². The number of nitrogens with one attached hydrogen (secondary N) is 2. The van der Waals surface area contributed by atoms with Crippen molar-refractivity contribution in [2.45, 2.75) is 13.0 Å². The van der Waals surface area contributed by atoms with Crippen LogP contribution in [0.5, 0.6) is 0 Å². The van der Waals surface area contributed by atoms with Crippen molar-refractivity contribution in [2.24, 2.45) is 0 Å². The summed E-state index contributed by atoms with van der Waals surface area (Å²) in [5.74, 6) is -0.190. The number of hydrogen-bond acceptors (Lipinski definition) is 3. The van der Waals surface area contributed by atoms with Crippen LogP contribution >= 0.6 is 0 Å². The van der Waals surface area contributed by atoms with Crippen LogP contribution in [-0.4, -0.2) is 43.7 Å².